The number of nitrogen functional groups attached to an aromatic ring is 1. The molecule has 10 heteroatoms. The van der Waals surface area contributed by atoms with Crippen molar-refractivity contribution in [2.75, 3.05) is 16.9 Å². The summed E-state index contributed by atoms with van der Waals surface area (Å²) < 4.78 is 1.41. The zero-order valence-corrected chi connectivity index (χ0v) is 15.9. The monoisotopic (exact) mass is 407 g/mol. The maximum atomic E-state index is 12.1. The Kier molecular flexibility index (Phi) is 7.03. The van der Waals surface area contributed by atoms with Crippen molar-refractivity contribution in [2.24, 2.45) is 0 Å². The molecule has 3 N–H and O–H groups in total. The zero-order chi connectivity index (χ0) is 17.7. The van der Waals surface area contributed by atoms with Crippen LogP contribution in [0.3, 0.4) is 0 Å². The van der Waals surface area contributed by atoms with E-state index in [0.29, 0.717) is 21.7 Å². The summed E-state index contributed by atoms with van der Waals surface area (Å²) in [6, 6.07) is 3.02. The molecule has 0 aliphatic carbocycles. The van der Waals surface area contributed by atoms with Crippen LogP contribution in [0.25, 0.3) is 0 Å². The SMILES string of the molecule is CCCCc1nnc(SCC(=O)Nc2c(Cl)cc(Cl)cc2Cl)n1N. The van der Waals surface area contributed by atoms with Crippen LogP contribution in [-0.4, -0.2) is 26.5 Å². The summed E-state index contributed by atoms with van der Waals surface area (Å²) in [6.07, 6.45) is 2.77. The number of thioether (sulfide) groups is 1. The van der Waals surface area contributed by atoms with Crippen LogP contribution < -0.4 is 11.2 Å². The van der Waals surface area contributed by atoms with Crippen molar-refractivity contribution in [1.29, 1.82) is 0 Å². The number of amides is 1. The minimum Gasteiger partial charge on any atom is -0.336 e. The van der Waals surface area contributed by atoms with E-state index in [0.717, 1.165) is 19.3 Å². The average Bonchev–Trinajstić information content (AvgIpc) is 2.87. The highest BCUT2D eigenvalue weighted by Gasteiger charge is 2.14. The molecule has 0 saturated heterocycles. The van der Waals surface area contributed by atoms with Gasteiger partial charge in [0.15, 0.2) is 5.82 Å². The van der Waals surface area contributed by atoms with Gasteiger partial charge in [0.1, 0.15) is 0 Å². The van der Waals surface area contributed by atoms with Gasteiger partial charge in [-0.25, -0.2) is 4.68 Å². The van der Waals surface area contributed by atoms with Crippen LogP contribution in [0.15, 0.2) is 17.3 Å². The topological polar surface area (TPSA) is 85.8 Å². The molecular weight excluding hydrogens is 393 g/mol. The van der Waals surface area contributed by atoms with Crippen LogP contribution in [0.4, 0.5) is 5.69 Å². The number of benzene rings is 1. The van der Waals surface area contributed by atoms with Gasteiger partial charge in [-0.2, -0.15) is 0 Å². The second-order valence-electron chi connectivity index (χ2n) is 4.95. The summed E-state index contributed by atoms with van der Waals surface area (Å²) in [7, 11) is 0. The molecule has 2 aromatic rings. The van der Waals surface area contributed by atoms with Crippen LogP contribution in [0.5, 0.6) is 0 Å². The van der Waals surface area contributed by atoms with Gasteiger partial charge in [-0.1, -0.05) is 59.9 Å². The number of nitrogens with two attached hydrogens (primary N) is 1. The number of anilines is 1. The predicted molar refractivity (Wildman–Crippen MR) is 99.6 cm³/mol. The number of hydrogen-bond acceptors (Lipinski definition) is 5. The molecule has 0 spiro atoms. The van der Waals surface area contributed by atoms with E-state index in [-0.39, 0.29) is 21.7 Å². The van der Waals surface area contributed by atoms with Crippen molar-refractivity contribution in [3.8, 4) is 0 Å². The highest BCUT2D eigenvalue weighted by atomic mass is 35.5. The van der Waals surface area contributed by atoms with Gasteiger partial charge in [-0.3, -0.25) is 4.79 Å². The molecule has 24 heavy (non-hydrogen) atoms. The molecule has 0 aliphatic heterocycles. The first kappa shape index (κ1) is 19.2. The standard InChI is InChI=1S/C14H16Cl3N5OS/c1-2-3-4-11-20-21-14(22(11)18)24-7-12(23)19-13-9(16)5-8(15)6-10(13)17/h5-6H,2-4,7,18H2,1H3,(H,19,23). The third-order valence-corrected chi connectivity index (χ3v) is 4.85. The Labute approximate surface area is 159 Å². The Hall–Kier alpha value is -1.15. The van der Waals surface area contributed by atoms with Gasteiger partial charge < -0.3 is 11.2 Å². The molecule has 130 valence electrons. The summed E-state index contributed by atoms with van der Waals surface area (Å²) in [5.41, 5.74) is 0.325. The van der Waals surface area contributed by atoms with E-state index in [9.17, 15) is 4.79 Å². The smallest absolute Gasteiger partial charge is 0.234 e. The summed E-state index contributed by atoms with van der Waals surface area (Å²) in [5, 5.41) is 12.1. The highest BCUT2D eigenvalue weighted by molar-refractivity contribution is 7.99. The lowest BCUT2D eigenvalue weighted by molar-refractivity contribution is -0.113. The number of halogens is 3. The summed E-state index contributed by atoms with van der Waals surface area (Å²) >= 11 is 19.1. The maximum absolute atomic E-state index is 12.1. The molecule has 1 amide bonds. The predicted octanol–water partition coefficient (Wildman–Crippen LogP) is 4.03. The normalized spacial score (nSPS) is 10.8. The Morgan fingerprint density at radius 1 is 1.29 bits per heavy atom. The van der Waals surface area contributed by atoms with Crippen LogP contribution >= 0.6 is 46.6 Å². The zero-order valence-electron chi connectivity index (χ0n) is 12.9. The number of nitrogens with one attached hydrogen (secondary N) is 1. The largest absolute Gasteiger partial charge is 0.336 e. The molecular formula is C14H16Cl3N5OS. The van der Waals surface area contributed by atoms with Crippen molar-refractivity contribution < 1.29 is 4.79 Å². The number of carbonyl (C=O) groups excluding carboxylic acids is 1. The number of nitrogens with zero attached hydrogens (tertiary/aromatic N) is 3. The molecule has 6 nitrogen and oxygen atoms in total. The van der Waals surface area contributed by atoms with Gasteiger partial charge in [-0.15, -0.1) is 10.2 Å². The summed E-state index contributed by atoms with van der Waals surface area (Å²) in [5.74, 6) is 6.44. The van der Waals surface area contributed by atoms with E-state index in [1.165, 1.54) is 28.6 Å². The Bertz CT molecular complexity index is 714. The van der Waals surface area contributed by atoms with Crippen LogP contribution in [0.2, 0.25) is 15.1 Å². The molecule has 0 atom stereocenters. The van der Waals surface area contributed by atoms with Crippen molar-refractivity contribution in [3.63, 3.8) is 0 Å². The Morgan fingerprint density at radius 2 is 1.96 bits per heavy atom. The van der Waals surface area contributed by atoms with Gasteiger partial charge in [-0.05, 0) is 18.6 Å². The minimum atomic E-state index is -0.288. The maximum Gasteiger partial charge on any atom is 0.234 e. The van der Waals surface area contributed by atoms with E-state index in [2.05, 4.69) is 22.4 Å². The molecule has 0 fully saturated rings. The fourth-order valence-corrected chi connectivity index (χ4v) is 3.47. The molecule has 1 aromatic heterocycles. The van der Waals surface area contributed by atoms with Gasteiger partial charge >= 0.3 is 0 Å². The second kappa shape index (κ2) is 8.80. The van der Waals surface area contributed by atoms with Crippen molar-refractivity contribution in [3.05, 3.63) is 33.0 Å². The first-order chi connectivity index (χ1) is 11.4. The molecule has 2 rings (SSSR count). The minimum absolute atomic E-state index is 0.0956. The molecule has 0 radical (unpaired) electrons. The number of hydrogen-bond donors (Lipinski definition) is 2. The van der Waals surface area contributed by atoms with E-state index < -0.39 is 0 Å². The number of aromatic nitrogens is 3. The van der Waals surface area contributed by atoms with Gasteiger partial charge in [0, 0.05) is 11.4 Å². The van der Waals surface area contributed by atoms with Crippen LogP contribution in [-0.2, 0) is 11.2 Å². The fourth-order valence-electron chi connectivity index (χ4n) is 1.88. The van der Waals surface area contributed by atoms with E-state index in [1.807, 2.05) is 0 Å². The molecule has 1 aromatic carbocycles. The number of aryl methyl sites for hydroxylation is 1. The fraction of sp³-hybridized carbons (Fsp3) is 0.357. The molecule has 0 unspecified atom stereocenters. The first-order valence-corrected chi connectivity index (χ1v) is 9.30. The van der Waals surface area contributed by atoms with Crippen LogP contribution in [0, 0.1) is 0 Å². The van der Waals surface area contributed by atoms with E-state index >= 15 is 0 Å². The molecule has 1 heterocycles. The first-order valence-electron chi connectivity index (χ1n) is 7.19. The third-order valence-electron chi connectivity index (χ3n) is 3.09. The molecule has 0 aliphatic rings. The Morgan fingerprint density at radius 3 is 2.58 bits per heavy atom. The summed E-state index contributed by atoms with van der Waals surface area (Å²) in [4.78, 5) is 12.1. The average molecular weight is 409 g/mol. The van der Waals surface area contributed by atoms with Gasteiger partial charge in [0.2, 0.25) is 11.1 Å². The van der Waals surface area contributed by atoms with Crippen molar-refractivity contribution in [1.82, 2.24) is 14.9 Å². The highest BCUT2D eigenvalue weighted by Crippen LogP contribution is 2.33. The lowest BCUT2D eigenvalue weighted by atomic mass is 10.2. The van der Waals surface area contributed by atoms with Gasteiger partial charge in [0.05, 0.1) is 21.5 Å². The number of unbranched alkanes of at least 4 members (excludes halogenated alkanes) is 1. The lowest BCUT2D eigenvalue weighted by Gasteiger charge is -2.09. The number of carbonyl (C=O) groups is 1. The third kappa shape index (κ3) is 4.92. The second-order valence-corrected chi connectivity index (χ2v) is 7.15. The summed E-state index contributed by atoms with van der Waals surface area (Å²) in [6.45, 7) is 2.09. The van der Waals surface area contributed by atoms with Crippen molar-refractivity contribution in [2.45, 2.75) is 31.3 Å². The van der Waals surface area contributed by atoms with Gasteiger partial charge in [0.25, 0.3) is 0 Å². The van der Waals surface area contributed by atoms with Crippen LogP contribution in [0.1, 0.15) is 25.6 Å². The molecule has 0 bridgehead atoms. The number of rotatable bonds is 7. The van der Waals surface area contributed by atoms with E-state index in [4.69, 9.17) is 40.6 Å². The van der Waals surface area contributed by atoms with E-state index in [1.54, 1.807) is 0 Å². The molecule has 0 saturated carbocycles. The quantitative estimate of drug-likeness (QED) is 0.533. The van der Waals surface area contributed by atoms with Crippen molar-refractivity contribution >= 4 is 58.2 Å². The Balaban J connectivity index is 1.96. The lowest BCUT2D eigenvalue weighted by Crippen LogP contribution is -2.17.